The van der Waals surface area contributed by atoms with Crippen LogP contribution in [0.15, 0.2) is 40.7 Å². The number of methoxy groups -OCH3 is 1. The van der Waals surface area contributed by atoms with Crippen LogP contribution in [0.2, 0.25) is 5.02 Å². The quantitative estimate of drug-likeness (QED) is 0.587. The Kier molecular flexibility index (Phi) is 6.68. The smallest absolute Gasteiger partial charge is 0.337 e. The van der Waals surface area contributed by atoms with E-state index in [1.807, 2.05) is 13.8 Å². The molecule has 32 heavy (non-hydrogen) atoms. The lowest BCUT2D eigenvalue weighted by molar-refractivity contribution is -0.149. The lowest BCUT2D eigenvalue weighted by Gasteiger charge is -2.32. The molecule has 0 spiro atoms. The second-order valence-corrected chi connectivity index (χ2v) is 8.90. The minimum absolute atomic E-state index is 0.00504. The maximum absolute atomic E-state index is 13.5. The Hall–Kier alpha value is -2.82. The maximum Gasteiger partial charge on any atom is 0.337 e. The van der Waals surface area contributed by atoms with Crippen molar-refractivity contribution in [2.45, 2.75) is 58.7 Å². The molecule has 0 radical (unpaired) electrons. The van der Waals surface area contributed by atoms with Crippen LogP contribution in [0.25, 0.3) is 0 Å². The van der Waals surface area contributed by atoms with Crippen molar-refractivity contribution < 1.29 is 24.2 Å². The number of halogens is 1. The van der Waals surface area contributed by atoms with Gasteiger partial charge >= 0.3 is 11.9 Å². The third kappa shape index (κ3) is 4.01. The van der Waals surface area contributed by atoms with Gasteiger partial charge in [0, 0.05) is 23.9 Å². The molecule has 0 saturated heterocycles. The van der Waals surface area contributed by atoms with E-state index in [4.69, 9.17) is 21.1 Å². The van der Waals surface area contributed by atoms with E-state index < -0.39 is 24.0 Å². The molecule has 0 amide bonds. The molecule has 0 aromatic heterocycles. The molecule has 1 saturated carbocycles. The lowest BCUT2D eigenvalue weighted by Crippen LogP contribution is -2.35. The number of nitrogens with one attached hydrogen (secondary N) is 1. The summed E-state index contributed by atoms with van der Waals surface area (Å²) in [6.45, 7) is 7.27. The van der Waals surface area contributed by atoms with Crippen molar-refractivity contribution in [2.75, 3.05) is 7.11 Å². The summed E-state index contributed by atoms with van der Waals surface area (Å²) in [5, 5.41) is 22.9. The molecule has 1 aromatic rings. The van der Waals surface area contributed by atoms with Gasteiger partial charge in [-0.15, -0.1) is 0 Å². The molecule has 4 atom stereocenters. The van der Waals surface area contributed by atoms with Gasteiger partial charge in [0.15, 0.2) is 0 Å². The molecule has 3 rings (SSSR count). The summed E-state index contributed by atoms with van der Waals surface area (Å²) in [4.78, 5) is 25.7. The van der Waals surface area contributed by atoms with Crippen molar-refractivity contribution in [2.24, 2.45) is 5.41 Å². The summed E-state index contributed by atoms with van der Waals surface area (Å²) < 4.78 is 11.4. The van der Waals surface area contributed by atoms with Crippen LogP contribution in [0, 0.1) is 16.7 Å². The predicted molar refractivity (Wildman–Crippen MR) is 119 cm³/mol. The number of nitriles is 1. The summed E-state index contributed by atoms with van der Waals surface area (Å²) in [6.07, 6.45) is 0.983. The first-order valence-corrected chi connectivity index (χ1v) is 10.8. The molecule has 4 unspecified atom stereocenters. The molecule has 1 heterocycles. The fourth-order valence-corrected chi connectivity index (χ4v) is 4.89. The minimum Gasteiger partial charge on any atom is -0.478 e. The van der Waals surface area contributed by atoms with Crippen LogP contribution in [-0.2, 0) is 19.1 Å². The fourth-order valence-electron chi connectivity index (χ4n) is 4.67. The molecule has 1 fully saturated rings. The highest BCUT2D eigenvalue weighted by Crippen LogP contribution is 2.53. The minimum atomic E-state index is -1.19. The van der Waals surface area contributed by atoms with E-state index in [0.29, 0.717) is 23.4 Å². The predicted octanol–water partition coefficient (Wildman–Crippen LogP) is 4.28. The van der Waals surface area contributed by atoms with Crippen LogP contribution >= 0.6 is 11.6 Å². The van der Waals surface area contributed by atoms with Crippen LogP contribution in [0.4, 0.5) is 0 Å². The molecule has 1 aromatic carbocycles. The number of dihydropyridines is 1. The largest absolute Gasteiger partial charge is 0.478 e. The second kappa shape index (κ2) is 8.97. The van der Waals surface area contributed by atoms with Crippen LogP contribution in [0.5, 0.6) is 0 Å². The first-order chi connectivity index (χ1) is 15.1. The van der Waals surface area contributed by atoms with Crippen LogP contribution in [-0.4, -0.2) is 36.4 Å². The molecule has 1 aliphatic carbocycles. The SMILES string of the molecule is CCC(OC(=O)C1=C(C)NC(C)=C(C(=O)O)C1c1cccc(Cl)c1C#N)C1(C)CC1OC. The summed E-state index contributed by atoms with van der Waals surface area (Å²) >= 11 is 6.24. The highest BCUT2D eigenvalue weighted by Gasteiger charge is 2.57. The van der Waals surface area contributed by atoms with Crippen molar-refractivity contribution >= 4 is 23.5 Å². The molecule has 7 nitrogen and oxygen atoms in total. The number of rotatable bonds is 7. The highest BCUT2D eigenvalue weighted by molar-refractivity contribution is 6.31. The Labute approximate surface area is 192 Å². The van der Waals surface area contributed by atoms with Crippen LogP contribution < -0.4 is 5.32 Å². The number of aliphatic carboxylic acids is 1. The summed E-state index contributed by atoms with van der Waals surface area (Å²) in [5.74, 6) is -2.82. The van der Waals surface area contributed by atoms with Gasteiger partial charge in [-0.2, -0.15) is 5.26 Å². The van der Waals surface area contributed by atoms with Gasteiger partial charge < -0.3 is 19.9 Å². The van der Waals surface area contributed by atoms with Gasteiger partial charge in [-0.1, -0.05) is 37.6 Å². The molecule has 2 N–H and O–H groups in total. The van der Waals surface area contributed by atoms with E-state index in [-0.39, 0.29) is 33.3 Å². The molecular weight excluding hydrogens is 432 g/mol. The van der Waals surface area contributed by atoms with Crippen LogP contribution in [0.3, 0.4) is 0 Å². The number of carbonyl (C=O) groups excluding carboxylic acids is 1. The van der Waals surface area contributed by atoms with E-state index in [9.17, 15) is 20.0 Å². The normalized spacial score (nSPS) is 25.7. The van der Waals surface area contributed by atoms with Gasteiger partial charge in [-0.3, -0.25) is 0 Å². The zero-order chi connectivity index (χ0) is 23.8. The van der Waals surface area contributed by atoms with Gasteiger partial charge in [0.05, 0.1) is 33.8 Å². The molecule has 1 aliphatic heterocycles. The first kappa shape index (κ1) is 23.8. The zero-order valence-electron chi connectivity index (χ0n) is 18.8. The van der Waals surface area contributed by atoms with Crippen molar-refractivity contribution in [1.82, 2.24) is 5.32 Å². The number of hydrogen-bond acceptors (Lipinski definition) is 6. The second-order valence-electron chi connectivity index (χ2n) is 8.49. The zero-order valence-corrected chi connectivity index (χ0v) is 19.5. The Morgan fingerprint density at radius 2 is 2.00 bits per heavy atom. The number of carboxylic acids is 1. The average molecular weight is 459 g/mol. The number of ether oxygens (including phenoxy) is 2. The van der Waals surface area contributed by atoms with E-state index in [2.05, 4.69) is 11.4 Å². The number of nitrogens with zero attached hydrogens (tertiary/aromatic N) is 1. The number of allylic oxidation sites excluding steroid dienone is 2. The number of carboxylic acid groups (broad SMARTS) is 1. The van der Waals surface area contributed by atoms with Gasteiger partial charge in [0.1, 0.15) is 12.2 Å². The van der Waals surface area contributed by atoms with Gasteiger partial charge in [0.2, 0.25) is 0 Å². The first-order valence-electron chi connectivity index (χ1n) is 10.4. The third-order valence-electron chi connectivity index (χ3n) is 6.52. The standard InChI is InChI=1S/C24H27ClN2O5/c1-6-17(24(4)10-18(24)31-5)32-23(30)20-13(3)27-12(2)19(22(28)29)21(20)14-8-7-9-16(25)15(14)11-26/h7-9,17-18,21,27H,6,10H2,1-5H3,(H,28,29). The molecule has 8 heteroatoms. The average Bonchev–Trinajstić information content (AvgIpc) is 3.41. The van der Waals surface area contributed by atoms with E-state index in [0.717, 1.165) is 6.42 Å². The molecular formula is C24H27ClN2O5. The number of carbonyl (C=O) groups is 2. The number of hydrogen-bond donors (Lipinski definition) is 2. The Bertz CT molecular complexity index is 1070. The third-order valence-corrected chi connectivity index (χ3v) is 6.84. The fraction of sp³-hybridized carbons (Fsp3) is 0.458. The monoisotopic (exact) mass is 458 g/mol. The Balaban J connectivity index is 2.10. The number of esters is 1. The van der Waals surface area contributed by atoms with Crippen molar-refractivity contribution in [1.29, 1.82) is 5.26 Å². The Morgan fingerprint density at radius 1 is 1.34 bits per heavy atom. The van der Waals surface area contributed by atoms with Gasteiger partial charge in [-0.25, -0.2) is 9.59 Å². The van der Waals surface area contributed by atoms with E-state index in [1.54, 1.807) is 39.2 Å². The highest BCUT2D eigenvalue weighted by atomic mass is 35.5. The molecule has 170 valence electrons. The molecule has 0 bridgehead atoms. The van der Waals surface area contributed by atoms with Crippen molar-refractivity contribution in [3.8, 4) is 6.07 Å². The maximum atomic E-state index is 13.5. The van der Waals surface area contributed by atoms with Crippen molar-refractivity contribution in [3.05, 3.63) is 56.9 Å². The van der Waals surface area contributed by atoms with Gasteiger partial charge in [0.25, 0.3) is 0 Å². The lowest BCUT2D eigenvalue weighted by atomic mass is 9.78. The van der Waals surface area contributed by atoms with Gasteiger partial charge in [-0.05, 0) is 38.3 Å². The summed E-state index contributed by atoms with van der Waals surface area (Å²) in [7, 11) is 1.63. The van der Waals surface area contributed by atoms with Crippen molar-refractivity contribution in [3.63, 3.8) is 0 Å². The number of benzene rings is 1. The van der Waals surface area contributed by atoms with E-state index >= 15 is 0 Å². The van der Waals surface area contributed by atoms with Crippen LogP contribution in [0.1, 0.15) is 57.6 Å². The van der Waals surface area contributed by atoms with E-state index in [1.165, 1.54) is 0 Å². The molecule has 2 aliphatic rings. The summed E-state index contributed by atoms with van der Waals surface area (Å²) in [5.41, 5.74) is 1.19. The summed E-state index contributed by atoms with van der Waals surface area (Å²) in [6, 6.07) is 6.87. The topological polar surface area (TPSA) is 109 Å². The Morgan fingerprint density at radius 3 is 2.53 bits per heavy atom.